The van der Waals surface area contributed by atoms with Crippen molar-refractivity contribution in [1.82, 2.24) is 15.2 Å². The molecule has 1 saturated heterocycles. The Morgan fingerprint density at radius 1 is 0.854 bits per heavy atom. The van der Waals surface area contributed by atoms with Gasteiger partial charge in [0.25, 0.3) is 0 Å². The molecule has 7 nitrogen and oxygen atoms in total. The summed E-state index contributed by atoms with van der Waals surface area (Å²) in [5.41, 5.74) is 10.1. The van der Waals surface area contributed by atoms with Crippen LogP contribution in [0.25, 0.3) is 11.1 Å². The Morgan fingerprint density at radius 3 is 2.32 bits per heavy atom. The topological polar surface area (TPSA) is 60.9 Å². The van der Waals surface area contributed by atoms with Crippen LogP contribution in [0.1, 0.15) is 27.8 Å². The maximum atomic E-state index is 13.5. The van der Waals surface area contributed by atoms with Crippen LogP contribution in [0, 0.1) is 20.8 Å². The number of pyridine rings is 1. The first-order valence-electron chi connectivity index (χ1n) is 14.3. The fraction of sp³-hybridized carbons (Fsp3) is 0.294. The molecule has 2 amide bonds. The number of nitrogens with zero attached hydrogens (tertiary/aromatic N) is 4. The molecule has 0 spiro atoms. The molecular formula is C34H37N5O2. The number of hydrogen-bond donors (Lipinski definition) is 1. The predicted octanol–water partition coefficient (Wildman–Crippen LogP) is 6.37. The van der Waals surface area contributed by atoms with Crippen LogP contribution >= 0.6 is 0 Å². The molecule has 2 aliphatic rings. The van der Waals surface area contributed by atoms with Crippen molar-refractivity contribution in [3.8, 4) is 16.9 Å². The Morgan fingerprint density at radius 2 is 1.59 bits per heavy atom. The maximum Gasteiger partial charge on any atom is 0.326 e. The number of amides is 2. The van der Waals surface area contributed by atoms with Gasteiger partial charge in [-0.15, -0.1) is 0 Å². The van der Waals surface area contributed by atoms with E-state index < -0.39 is 0 Å². The first-order valence-corrected chi connectivity index (χ1v) is 14.3. The molecule has 210 valence electrons. The third kappa shape index (κ3) is 5.25. The van der Waals surface area contributed by atoms with Gasteiger partial charge in [-0.25, -0.2) is 9.78 Å². The minimum absolute atomic E-state index is 0.0813. The van der Waals surface area contributed by atoms with Crippen molar-refractivity contribution in [3.63, 3.8) is 0 Å². The zero-order chi connectivity index (χ0) is 28.5. The fourth-order valence-electron chi connectivity index (χ4n) is 6.13. The van der Waals surface area contributed by atoms with Gasteiger partial charge < -0.3 is 15.0 Å². The van der Waals surface area contributed by atoms with Gasteiger partial charge in [0.15, 0.2) is 0 Å². The summed E-state index contributed by atoms with van der Waals surface area (Å²) in [5, 5.41) is 3.16. The second kappa shape index (κ2) is 11.3. The molecular weight excluding hydrogens is 510 g/mol. The Bertz CT molecular complexity index is 1570. The molecule has 7 heteroatoms. The summed E-state index contributed by atoms with van der Waals surface area (Å²) in [6.07, 6.45) is 1.80. The van der Waals surface area contributed by atoms with E-state index in [-0.39, 0.29) is 6.03 Å². The van der Waals surface area contributed by atoms with Crippen LogP contribution < -0.4 is 19.9 Å². The van der Waals surface area contributed by atoms with E-state index in [1.807, 2.05) is 23.1 Å². The maximum absolute atomic E-state index is 13.5. The Balaban J connectivity index is 1.36. The number of ether oxygens (including phenoxy) is 1. The normalized spacial score (nSPS) is 15.5. The molecule has 6 rings (SSSR count). The number of fused-ring (bicyclic) bond motifs is 1. The zero-order valence-electron chi connectivity index (χ0n) is 24.3. The van der Waals surface area contributed by atoms with E-state index in [1.165, 1.54) is 22.3 Å². The molecule has 2 aliphatic heterocycles. The molecule has 3 aromatic carbocycles. The Labute approximate surface area is 242 Å². The molecule has 1 N–H and O–H groups in total. The SMILES string of the molecule is COc1ccnc(N2CCN(Cc3cc(-c4ccccc4C)c4c(c3)N(c3c(C)cccc3C)C(=O)NC4)CC2)c1. The largest absolute Gasteiger partial charge is 0.497 e. The number of aryl methyl sites for hydroxylation is 3. The van der Waals surface area contributed by atoms with Crippen molar-refractivity contribution >= 4 is 23.2 Å². The van der Waals surface area contributed by atoms with E-state index in [1.54, 1.807) is 13.3 Å². The van der Waals surface area contributed by atoms with Crippen LogP contribution in [0.3, 0.4) is 0 Å². The van der Waals surface area contributed by atoms with Crippen LogP contribution in [0.4, 0.5) is 22.0 Å². The van der Waals surface area contributed by atoms with Gasteiger partial charge in [-0.2, -0.15) is 0 Å². The summed E-state index contributed by atoms with van der Waals surface area (Å²) in [6, 6.07) is 23.1. The lowest BCUT2D eigenvalue weighted by atomic mass is 9.91. The van der Waals surface area contributed by atoms with E-state index in [0.717, 1.165) is 72.4 Å². The number of anilines is 3. The standard InChI is InChI=1S/C34H37N5O2/c1-23-8-5-6-11-28(23)29-18-26(22-37-14-16-38(17-15-37)32-20-27(41-4)12-13-35-32)19-31-30(29)21-36-34(40)39(31)33-24(2)9-7-10-25(33)3/h5-13,18-20H,14-17,21-22H2,1-4H3,(H,36,40). The van der Waals surface area contributed by atoms with E-state index in [0.29, 0.717) is 6.54 Å². The predicted molar refractivity (Wildman–Crippen MR) is 165 cm³/mol. The first-order chi connectivity index (χ1) is 19.9. The van der Waals surface area contributed by atoms with Crippen molar-refractivity contribution < 1.29 is 9.53 Å². The first kappa shape index (κ1) is 26.8. The number of piperazine rings is 1. The van der Waals surface area contributed by atoms with Gasteiger partial charge in [0, 0.05) is 57.1 Å². The highest BCUT2D eigenvalue weighted by Crippen LogP contribution is 2.41. The highest BCUT2D eigenvalue weighted by molar-refractivity contribution is 6.04. The molecule has 41 heavy (non-hydrogen) atoms. The van der Waals surface area contributed by atoms with Crippen LogP contribution in [0.5, 0.6) is 5.75 Å². The number of hydrogen-bond acceptors (Lipinski definition) is 5. The lowest BCUT2D eigenvalue weighted by Gasteiger charge is -2.37. The van der Waals surface area contributed by atoms with Gasteiger partial charge in [0.1, 0.15) is 11.6 Å². The van der Waals surface area contributed by atoms with Crippen molar-refractivity contribution in [2.75, 3.05) is 43.1 Å². The number of aromatic nitrogens is 1. The minimum atomic E-state index is -0.0813. The number of carbonyl (C=O) groups is 1. The molecule has 4 aromatic rings. The molecule has 0 bridgehead atoms. The third-order valence-corrected chi connectivity index (χ3v) is 8.30. The van der Waals surface area contributed by atoms with Gasteiger partial charge >= 0.3 is 6.03 Å². The van der Waals surface area contributed by atoms with Gasteiger partial charge in [-0.1, -0.05) is 42.5 Å². The second-order valence-corrected chi connectivity index (χ2v) is 11.0. The minimum Gasteiger partial charge on any atom is -0.497 e. The molecule has 0 unspecified atom stereocenters. The van der Waals surface area contributed by atoms with Crippen LogP contribution in [0.2, 0.25) is 0 Å². The van der Waals surface area contributed by atoms with Crippen LogP contribution in [-0.4, -0.2) is 49.2 Å². The van der Waals surface area contributed by atoms with Gasteiger partial charge in [-0.05, 0) is 72.4 Å². The van der Waals surface area contributed by atoms with Crippen molar-refractivity contribution in [3.05, 3.63) is 101 Å². The molecule has 1 fully saturated rings. The number of nitrogens with one attached hydrogen (secondary N) is 1. The van der Waals surface area contributed by atoms with E-state index >= 15 is 0 Å². The van der Waals surface area contributed by atoms with Crippen molar-refractivity contribution in [2.45, 2.75) is 33.9 Å². The number of benzene rings is 3. The van der Waals surface area contributed by atoms with E-state index in [9.17, 15) is 4.79 Å². The van der Waals surface area contributed by atoms with Crippen LogP contribution in [0.15, 0.2) is 72.9 Å². The van der Waals surface area contributed by atoms with Gasteiger partial charge in [0.2, 0.25) is 0 Å². The molecule has 1 aromatic heterocycles. The summed E-state index contributed by atoms with van der Waals surface area (Å²) in [6.45, 7) is 11.3. The summed E-state index contributed by atoms with van der Waals surface area (Å²) < 4.78 is 5.40. The summed E-state index contributed by atoms with van der Waals surface area (Å²) in [4.78, 5) is 24.7. The number of methoxy groups -OCH3 is 1. The Hall–Kier alpha value is -4.36. The highest BCUT2D eigenvalue weighted by atomic mass is 16.5. The third-order valence-electron chi connectivity index (χ3n) is 8.30. The lowest BCUT2D eigenvalue weighted by Crippen LogP contribution is -2.46. The molecule has 0 radical (unpaired) electrons. The number of para-hydroxylation sites is 1. The second-order valence-electron chi connectivity index (χ2n) is 11.0. The van der Waals surface area contributed by atoms with Crippen LogP contribution in [-0.2, 0) is 13.1 Å². The van der Waals surface area contributed by atoms with Gasteiger partial charge in [0.05, 0.1) is 18.5 Å². The summed E-state index contributed by atoms with van der Waals surface area (Å²) in [7, 11) is 1.69. The zero-order valence-corrected chi connectivity index (χ0v) is 24.3. The van der Waals surface area contributed by atoms with E-state index in [4.69, 9.17) is 4.74 Å². The van der Waals surface area contributed by atoms with Gasteiger partial charge in [-0.3, -0.25) is 9.80 Å². The average molecular weight is 548 g/mol. The molecule has 0 saturated carbocycles. The highest BCUT2D eigenvalue weighted by Gasteiger charge is 2.31. The van der Waals surface area contributed by atoms with E-state index in [2.05, 4.69) is 89.4 Å². The number of rotatable bonds is 6. The Kier molecular flexibility index (Phi) is 7.37. The van der Waals surface area contributed by atoms with Crippen molar-refractivity contribution in [2.24, 2.45) is 0 Å². The van der Waals surface area contributed by atoms with Crippen molar-refractivity contribution in [1.29, 1.82) is 0 Å². The molecule has 0 atom stereocenters. The monoisotopic (exact) mass is 547 g/mol. The summed E-state index contributed by atoms with van der Waals surface area (Å²) in [5.74, 6) is 1.78. The quantitative estimate of drug-likeness (QED) is 0.304. The number of carbonyl (C=O) groups excluding carboxylic acids is 1. The lowest BCUT2D eigenvalue weighted by molar-refractivity contribution is 0.246. The molecule has 3 heterocycles. The smallest absolute Gasteiger partial charge is 0.326 e. The summed E-state index contributed by atoms with van der Waals surface area (Å²) >= 11 is 0. The number of urea groups is 1. The fourth-order valence-corrected chi connectivity index (χ4v) is 6.13. The average Bonchev–Trinajstić information content (AvgIpc) is 2.98. The molecule has 0 aliphatic carbocycles.